The van der Waals surface area contributed by atoms with Gasteiger partial charge < -0.3 is 14.8 Å². The second-order valence-corrected chi connectivity index (χ2v) is 8.83. The number of hydrogen-bond donors (Lipinski definition) is 1. The van der Waals surface area contributed by atoms with Crippen molar-refractivity contribution in [2.75, 3.05) is 17.7 Å². The molecule has 160 valence electrons. The minimum Gasteiger partial charge on any atom is -0.458 e. The molecule has 0 saturated carbocycles. The van der Waals surface area contributed by atoms with E-state index < -0.39 is 16.5 Å². The summed E-state index contributed by atoms with van der Waals surface area (Å²) in [5, 5.41) is 14.6. The lowest BCUT2D eigenvalue weighted by atomic mass is 10.2. The van der Waals surface area contributed by atoms with E-state index >= 15 is 0 Å². The zero-order valence-electron chi connectivity index (χ0n) is 16.8. The third-order valence-electron chi connectivity index (χ3n) is 3.64. The van der Waals surface area contributed by atoms with Crippen LogP contribution in [0.4, 0.5) is 11.5 Å². The number of rotatable bonds is 9. The van der Waals surface area contributed by atoms with Crippen molar-refractivity contribution in [3.05, 3.63) is 27.4 Å². The number of halogens is 1. The topological polar surface area (TPSA) is 116 Å². The fourth-order valence-corrected chi connectivity index (χ4v) is 3.53. The van der Waals surface area contributed by atoms with Crippen molar-refractivity contribution in [2.24, 2.45) is 0 Å². The van der Waals surface area contributed by atoms with Crippen molar-refractivity contribution < 1.29 is 19.2 Å². The van der Waals surface area contributed by atoms with E-state index in [9.17, 15) is 14.9 Å². The van der Waals surface area contributed by atoms with Crippen LogP contribution in [0.1, 0.15) is 40.5 Å². The van der Waals surface area contributed by atoms with Crippen molar-refractivity contribution in [3.8, 4) is 0 Å². The first-order chi connectivity index (χ1) is 13.6. The first kappa shape index (κ1) is 23.4. The molecule has 29 heavy (non-hydrogen) atoms. The Morgan fingerprint density at radius 2 is 2.14 bits per heavy atom. The number of carbonyl (C=O) groups excluding carboxylic acids is 1. The molecule has 1 N–H and O–H groups in total. The number of nitrogens with zero attached hydrogens (tertiary/aromatic N) is 3. The molecule has 2 atom stereocenters. The average Bonchev–Trinajstić information content (AvgIpc) is 3.03. The fraction of sp³-hybridized carbons (Fsp3) is 0.611. The summed E-state index contributed by atoms with van der Waals surface area (Å²) in [6, 6.07) is -0.257. The van der Waals surface area contributed by atoms with Gasteiger partial charge in [0.15, 0.2) is 5.16 Å². The summed E-state index contributed by atoms with van der Waals surface area (Å²) < 4.78 is 10.8. The predicted octanol–water partition coefficient (Wildman–Crippen LogP) is 4.01. The van der Waals surface area contributed by atoms with Crippen LogP contribution in [0.15, 0.2) is 17.3 Å². The van der Waals surface area contributed by atoms with Gasteiger partial charge in [-0.3, -0.25) is 10.1 Å². The zero-order valence-corrected chi connectivity index (χ0v) is 18.4. The van der Waals surface area contributed by atoms with E-state index in [4.69, 9.17) is 21.1 Å². The summed E-state index contributed by atoms with van der Waals surface area (Å²) in [5.74, 6) is 0.395. The molecule has 1 aliphatic rings. The van der Waals surface area contributed by atoms with E-state index in [1.54, 1.807) is 26.8 Å². The Bertz CT molecular complexity index is 784. The van der Waals surface area contributed by atoms with E-state index in [0.717, 1.165) is 12.2 Å². The van der Waals surface area contributed by atoms with E-state index in [-0.39, 0.29) is 35.4 Å². The number of carbonyl (C=O) groups is 1. The van der Waals surface area contributed by atoms with Crippen molar-refractivity contribution in [3.63, 3.8) is 0 Å². The van der Waals surface area contributed by atoms with Crippen molar-refractivity contribution in [1.29, 1.82) is 0 Å². The van der Waals surface area contributed by atoms with Gasteiger partial charge in [-0.2, -0.15) is 4.98 Å². The number of nitro groups is 1. The second-order valence-electron chi connectivity index (χ2n) is 7.41. The highest BCUT2D eigenvalue weighted by Crippen LogP contribution is 2.33. The minimum absolute atomic E-state index is 0.0658. The maximum atomic E-state index is 11.8. The predicted molar refractivity (Wildman–Crippen MR) is 111 cm³/mol. The van der Waals surface area contributed by atoms with E-state index in [0.29, 0.717) is 11.6 Å². The SMILES string of the molecule is CCCSc1nc(Cl)c([N+](=O)[O-])c(N[C@@H]2C=C[C@@H](OCC(=O)OC(C)(C)C)C2)n1. The van der Waals surface area contributed by atoms with Gasteiger partial charge in [0.1, 0.15) is 12.2 Å². The van der Waals surface area contributed by atoms with Gasteiger partial charge in [-0.1, -0.05) is 42.4 Å². The molecule has 11 heteroatoms. The summed E-state index contributed by atoms with van der Waals surface area (Å²) in [5.41, 5.74) is -0.937. The third kappa shape index (κ3) is 7.45. The number of nitrogens with one attached hydrogen (secondary N) is 1. The van der Waals surface area contributed by atoms with Gasteiger partial charge in [-0.15, -0.1) is 0 Å². The van der Waals surface area contributed by atoms with Crippen LogP contribution in [0, 0.1) is 10.1 Å². The Morgan fingerprint density at radius 1 is 1.41 bits per heavy atom. The van der Waals surface area contributed by atoms with Crippen LogP contribution < -0.4 is 5.32 Å². The lowest BCUT2D eigenvalue weighted by Gasteiger charge is -2.20. The molecule has 9 nitrogen and oxygen atoms in total. The van der Waals surface area contributed by atoms with E-state index in [2.05, 4.69) is 15.3 Å². The normalized spacial score (nSPS) is 18.7. The highest BCUT2D eigenvalue weighted by molar-refractivity contribution is 7.99. The number of hydrogen-bond acceptors (Lipinski definition) is 9. The molecule has 0 amide bonds. The highest BCUT2D eigenvalue weighted by atomic mass is 35.5. The van der Waals surface area contributed by atoms with Crippen LogP contribution in [0.3, 0.4) is 0 Å². The molecule has 0 spiro atoms. The molecule has 0 radical (unpaired) electrons. The quantitative estimate of drug-likeness (QED) is 0.115. The Balaban J connectivity index is 2.00. The van der Waals surface area contributed by atoms with Crippen LogP contribution in [0.25, 0.3) is 0 Å². The summed E-state index contributed by atoms with van der Waals surface area (Å²) >= 11 is 7.40. The van der Waals surface area contributed by atoms with Crippen molar-refractivity contribution in [2.45, 2.75) is 63.4 Å². The Kier molecular flexibility index (Phi) is 8.23. The molecular weight excluding hydrogens is 420 g/mol. The monoisotopic (exact) mass is 444 g/mol. The summed E-state index contributed by atoms with van der Waals surface area (Å²) in [6.45, 7) is 7.20. The maximum Gasteiger partial charge on any atom is 0.348 e. The molecule has 1 aromatic rings. The number of thioether (sulfide) groups is 1. The summed E-state index contributed by atoms with van der Waals surface area (Å²) in [7, 11) is 0. The molecule has 0 aliphatic heterocycles. The molecule has 0 unspecified atom stereocenters. The van der Waals surface area contributed by atoms with Crippen LogP contribution in [-0.2, 0) is 14.3 Å². The molecule has 0 aromatic carbocycles. The lowest BCUT2D eigenvalue weighted by Crippen LogP contribution is -2.28. The van der Waals surface area contributed by atoms with Gasteiger partial charge in [0.25, 0.3) is 0 Å². The molecule has 2 rings (SSSR count). The zero-order chi connectivity index (χ0) is 21.6. The van der Waals surface area contributed by atoms with Crippen LogP contribution in [0.5, 0.6) is 0 Å². The Morgan fingerprint density at radius 3 is 2.76 bits per heavy atom. The van der Waals surface area contributed by atoms with Gasteiger partial charge in [0.2, 0.25) is 11.0 Å². The lowest BCUT2D eigenvalue weighted by molar-refractivity contribution is -0.384. The first-order valence-electron chi connectivity index (χ1n) is 9.22. The largest absolute Gasteiger partial charge is 0.458 e. The number of anilines is 1. The molecule has 0 bridgehead atoms. The Labute approximate surface area is 178 Å². The van der Waals surface area contributed by atoms with Gasteiger partial charge in [-0.25, -0.2) is 9.78 Å². The van der Waals surface area contributed by atoms with Crippen LogP contribution in [-0.4, -0.2) is 51.0 Å². The molecule has 1 heterocycles. The fourth-order valence-electron chi connectivity index (χ4n) is 2.55. The summed E-state index contributed by atoms with van der Waals surface area (Å²) in [6.07, 6.45) is 4.69. The first-order valence-corrected chi connectivity index (χ1v) is 10.6. The molecule has 0 saturated heterocycles. The highest BCUT2D eigenvalue weighted by Gasteiger charge is 2.28. The maximum absolute atomic E-state index is 11.8. The number of aromatic nitrogens is 2. The Hall–Kier alpha value is -1.91. The molecule has 1 aliphatic carbocycles. The smallest absolute Gasteiger partial charge is 0.348 e. The van der Waals surface area contributed by atoms with Crippen LogP contribution in [0.2, 0.25) is 5.15 Å². The molecule has 0 fully saturated rings. The van der Waals surface area contributed by atoms with E-state index in [1.165, 1.54) is 11.8 Å². The molecule has 1 aromatic heterocycles. The van der Waals surface area contributed by atoms with Crippen molar-refractivity contribution in [1.82, 2.24) is 9.97 Å². The van der Waals surface area contributed by atoms with Gasteiger partial charge in [-0.05, 0) is 27.2 Å². The third-order valence-corrected chi connectivity index (χ3v) is 4.96. The standard InChI is InChI=1S/C18H25ClN4O5S/c1-5-8-29-17-21-15(19)14(23(25)26)16(22-17)20-11-6-7-12(9-11)27-10-13(24)28-18(2,3)4/h6-7,11-12H,5,8-10H2,1-4H3,(H,20,21,22)/t11-,12-/m1/s1. The number of esters is 1. The molecular formula is C18H25ClN4O5S. The minimum atomic E-state index is -0.603. The van der Waals surface area contributed by atoms with Gasteiger partial charge in [0, 0.05) is 18.2 Å². The van der Waals surface area contributed by atoms with Gasteiger partial charge in [0.05, 0.1) is 11.0 Å². The summed E-state index contributed by atoms with van der Waals surface area (Å²) in [4.78, 5) is 30.8. The van der Waals surface area contributed by atoms with Crippen LogP contribution >= 0.6 is 23.4 Å². The van der Waals surface area contributed by atoms with Crippen molar-refractivity contribution >= 4 is 40.8 Å². The van der Waals surface area contributed by atoms with Gasteiger partial charge >= 0.3 is 11.7 Å². The average molecular weight is 445 g/mol. The second kappa shape index (κ2) is 10.2. The van der Waals surface area contributed by atoms with E-state index in [1.807, 2.05) is 13.0 Å². The number of ether oxygens (including phenoxy) is 2.